The Kier molecular flexibility index (Phi) is 6.82. The molecule has 0 aliphatic carbocycles. The Morgan fingerprint density at radius 1 is 0.944 bits per heavy atom. The Balaban J connectivity index is 1.86. The molecule has 1 amide bonds. The van der Waals surface area contributed by atoms with Crippen LogP contribution in [0.15, 0.2) is 76.1 Å². The molecule has 0 radical (unpaired) electrons. The second-order valence-electron chi connectivity index (χ2n) is 7.79. The van der Waals surface area contributed by atoms with Gasteiger partial charge in [0.15, 0.2) is 11.3 Å². The van der Waals surface area contributed by atoms with Gasteiger partial charge in [-0.15, -0.1) is 0 Å². The Hall–Kier alpha value is -4.92. The van der Waals surface area contributed by atoms with Crippen LogP contribution < -0.4 is 25.8 Å². The number of para-hydroxylation sites is 1. The molecule has 1 heterocycles. The van der Waals surface area contributed by atoms with E-state index >= 15 is 0 Å². The number of amides is 1. The molecule has 0 unspecified atom stereocenters. The number of hydrogen-bond acceptors (Lipinski definition) is 8. The number of rotatable bonds is 7. The zero-order valence-corrected chi connectivity index (χ0v) is 19.4. The molecule has 9 heteroatoms. The van der Waals surface area contributed by atoms with Gasteiger partial charge in [0, 0.05) is 11.1 Å². The first kappa shape index (κ1) is 24.2. The summed E-state index contributed by atoms with van der Waals surface area (Å²) in [6.07, 6.45) is 0. The molecule has 3 aromatic carbocycles. The number of nitrogens with one attached hydrogen (secondary N) is 1. The summed E-state index contributed by atoms with van der Waals surface area (Å²) in [5.41, 5.74) is 1.54. The molecule has 0 fully saturated rings. The Morgan fingerprint density at radius 2 is 1.64 bits per heavy atom. The van der Waals surface area contributed by atoms with E-state index in [0.717, 1.165) is 0 Å². The molecule has 0 aliphatic rings. The van der Waals surface area contributed by atoms with Crippen molar-refractivity contribution in [2.75, 3.05) is 11.9 Å². The zero-order valence-electron chi connectivity index (χ0n) is 19.4. The van der Waals surface area contributed by atoms with Crippen LogP contribution in [0.1, 0.15) is 43.6 Å². The normalized spacial score (nSPS) is 11.3. The van der Waals surface area contributed by atoms with Gasteiger partial charge in [0.1, 0.15) is 5.56 Å². The molecule has 36 heavy (non-hydrogen) atoms. The van der Waals surface area contributed by atoms with Gasteiger partial charge < -0.3 is 34.3 Å². The maximum absolute atomic E-state index is 13.3. The fourth-order valence-corrected chi connectivity index (χ4v) is 3.50. The van der Waals surface area contributed by atoms with E-state index in [1.165, 1.54) is 36.4 Å². The fourth-order valence-electron chi connectivity index (χ4n) is 3.50. The molecule has 1 N–H and O–H groups in total. The summed E-state index contributed by atoms with van der Waals surface area (Å²) in [7, 11) is 0. The number of anilines is 1. The van der Waals surface area contributed by atoms with Crippen molar-refractivity contribution in [1.82, 2.24) is 0 Å². The minimum absolute atomic E-state index is 0.0238. The van der Waals surface area contributed by atoms with Crippen LogP contribution in [0, 0.1) is 6.92 Å². The van der Waals surface area contributed by atoms with E-state index in [-0.39, 0.29) is 27.9 Å². The molecule has 0 saturated carbocycles. The number of carboxylic acids is 2. The second kappa shape index (κ2) is 10.1. The summed E-state index contributed by atoms with van der Waals surface area (Å²) < 4.78 is 11.7. The van der Waals surface area contributed by atoms with Gasteiger partial charge >= 0.3 is 0 Å². The average Bonchev–Trinajstić information content (AvgIpc) is 2.85. The van der Waals surface area contributed by atoms with E-state index in [0.29, 0.717) is 34.6 Å². The van der Waals surface area contributed by atoms with Gasteiger partial charge in [-0.25, -0.2) is 4.99 Å². The Bertz CT molecular complexity index is 1550. The van der Waals surface area contributed by atoms with Crippen LogP contribution in [0.2, 0.25) is 0 Å². The first-order chi connectivity index (χ1) is 17.3. The highest BCUT2D eigenvalue weighted by Gasteiger charge is 2.16. The van der Waals surface area contributed by atoms with Crippen LogP contribution in [-0.2, 0) is 0 Å². The number of carbonyl (C=O) groups is 3. The van der Waals surface area contributed by atoms with Crippen LogP contribution in [0.3, 0.4) is 0 Å². The molecule has 0 aliphatic heterocycles. The van der Waals surface area contributed by atoms with E-state index in [9.17, 15) is 24.6 Å². The van der Waals surface area contributed by atoms with Crippen molar-refractivity contribution in [3.05, 3.63) is 94.5 Å². The number of carboxylic acid groups (broad SMARTS) is 2. The first-order valence-electron chi connectivity index (χ1n) is 11.0. The van der Waals surface area contributed by atoms with Crippen LogP contribution in [-0.4, -0.2) is 24.5 Å². The molecule has 9 nitrogen and oxygen atoms in total. The van der Waals surface area contributed by atoms with Gasteiger partial charge in [-0.3, -0.25) is 4.79 Å². The van der Waals surface area contributed by atoms with Gasteiger partial charge in [-0.1, -0.05) is 36.4 Å². The summed E-state index contributed by atoms with van der Waals surface area (Å²) >= 11 is 0. The van der Waals surface area contributed by atoms with Crippen molar-refractivity contribution in [3.63, 3.8) is 0 Å². The van der Waals surface area contributed by atoms with Crippen LogP contribution in [0.5, 0.6) is 5.75 Å². The van der Waals surface area contributed by atoms with Crippen molar-refractivity contribution < 1.29 is 33.8 Å². The fraction of sp³-hybridized carbons (Fsp3) is 0.111. The molecule has 0 spiro atoms. The monoisotopic (exact) mass is 484 g/mol. The highest BCUT2D eigenvalue weighted by atomic mass is 16.5. The van der Waals surface area contributed by atoms with Gasteiger partial charge in [0.2, 0.25) is 5.55 Å². The van der Waals surface area contributed by atoms with Crippen LogP contribution >= 0.6 is 0 Å². The molecule has 4 rings (SSSR count). The average molecular weight is 484 g/mol. The lowest BCUT2D eigenvalue weighted by Gasteiger charge is -2.12. The van der Waals surface area contributed by atoms with Crippen molar-refractivity contribution in [2.45, 2.75) is 13.8 Å². The minimum atomic E-state index is -1.37. The molecule has 0 atom stereocenters. The lowest BCUT2D eigenvalue weighted by molar-refractivity contribution is -0.256. The number of carbonyl (C=O) groups excluding carboxylic acids is 3. The highest BCUT2D eigenvalue weighted by Crippen LogP contribution is 2.26. The molecular weight excluding hydrogens is 464 g/mol. The molecule has 0 bridgehead atoms. The molecule has 0 saturated heterocycles. The largest absolute Gasteiger partial charge is 0.545 e. The molecule has 182 valence electrons. The van der Waals surface area contributed by atoms with E-state index < -0.39 is 17.8 Å². The molecular formula is C27H20N2O7-2. The predicted molar refractivity (Wildman–Crippen MR) is 127 cm³/mol. The van der Waals surface area contributed by atoms with Gasteiger partial charge in [-0.05, 0) is 60.9 Å². The third kappa shape index (κ3) is 5.10. The number of aromatic carboxylic acids is 2. The third-order valence-electron chi connectivity index (χ3n) is 5.34. The zero-order chi connectivity index (χ0) is 25.8. The second-order valence-corrected chi connectivity index (χ2v) is 7.79. The van der Waals surface area contributed by atoms with Crippen LogP contribution in [0.4, 0.5) is 11.4 Å². The summed E-state index contributed by atoms with van der Waals surface area (Å²) in [6.45, 7) is 3.94. The Labute approximate surface area is 205 Å². The minimum Gasteiger partial charge on any atom is -0.545 e. The lowest BCUT2D eigenvalue weighted by Crippen LogP contribution is -2.24. The number of nitrogens with zero attached hydrogens (tertiary/aromatic N) is 1. The first-order valence-corrected chi connectivity index (χ1v) is 11.0. The number of ether oxygens (including phenoxy) is 1. The number of benzene rings is 3. The van der Waals surface area contributed by atoms with Crippen molar-refractivity contribution in [3.8, 4) is 5.75 Å². The maximum Gasteiger partial charge on any atom is 0.261 e. The number of hydrogen-bond donors (Lipinski definition) is 1. The van der Waals surface area contributed by atoms with E-state index in [4.69, 9.17) is 9.15 Å². The van der Waals surface area contributed by atoms with E-state index in [2.05, 4.69) is 10.3 Å². The van der Waals surface area contributed by atoms with E-state index in [1.807, 2.05) is 6.92 Å². The molecule has 1 aromatic heterocycles. The Morgan fingerprint density at radius 3 is 2.31 bits per heavy atom. The third-order valence-corrected chi connectivity index (χ3v) is 5.34. The highest BCUT2D eigenvalue weighted by molar-refractivity contribution is 6.06. The topological polar surface area (TPSA) is 144 Å². The summed E-state index contributed by atoms with van der Waals surface area (Å²) in [5, 5.41) is 25.6. The van der Waals surface area contributed by atoms with Gasteiger partial charge in [0.25, 0.3) is 5.91 Å². The number of fused-ring (bicyclic) bond motifs is 1. The predicted octanol–water partition coefficient (Wildman–Crippen LogP) is 2.35. The van der Waals surface area contributed by atoms with Crippen molar-refractivity contribution >= 4 is 40.2 Å². The van der Waals surface area contributed by atoms with E-state index in [1.54, 1.807) is 37.3 Å². The quantitative estimate of drug-likeness (QED) is 0.424. The maximum atomic E-state index is 13.3. The summed E-state index contributed by atoms with van der Waals surface area (Å²) in [6, 6.07) is 16.6. The summed E-state index contributed by atoms with van der Waals surface area (Å²) in [4.78, 5) is 40.1. The van der Waals surface area contributed by atoms with Crippen molar-refractivity contribution in [2.24, 2.45) is 4.99 Å². The standard InChI is InChI=1S/C27H22N2O7/c1-3-35-22-6-4-5-17-13-20(24(30)29-21-14-18(27(33)34)8-7-15(21)2)25(36-23(17)22)28-19-11-9-16(10-12-19)26(31)32/h4-14H,3H2,1-2H3,(H,29,30)(H,31,32)(H,33,34)/p-2. The van der Waals surface area contributed by atoms with Crippen molar-refractivity contribution in [1.29, 1.82) is 0 Å². The van der Waals surface area contributed by atoms with Crippen LogP contribution in [0.25, 0.3) is 11.0 Å². The lowest BCUT2D eigenvalue weighted by atomic mass is 10.1. The molecule has 4 aromatic rings. The SMILES string of the molecule is CCOc1cccc2cc(C(=O)Nc3cc(C(=O)[O-])ccc3C)c(=Nc3ccc(C(=O)[O-])cc3)oc12. The van der Waals surface area contributed by atoms with Gasteiger partial charge in [0.05, 0.1) is 24.2 Å². The summed E-state index contributed by atoms with van der Waals surface area (Å²) in [5.74, 6) is -2.83. The number of aryl methyl sites for hydroxylation is 1. The smallest absolute Gasteiger partial charge is 0.261 e. The van der Waals surface area contributed by atoms with Gasteiger partial charge in [-0.2, -0.15) is 0 Å².